The molecule has 0 unspecified atom stereocenters. The molecule has 0 fully saturated rings. The van der Waals surface area contributed by atoms with Crippen LogP contribution in [0.2, 0.25) is 0 Å². The summed E-state index contributed by atoms with van der Waals surface area (Å²) in [6, 6.07) is 6.05. The summed E-state index contributed by atoms with van der Waals surface area (Å²) >= 11 is 0. The van der Waals surface area contributed by atoms with E-state index >= 15 is 0 Å². The molecule has 1 aromatic carbocycles. The molecule has 0 atom stereocenters. The van der Waals surface area contributed by atoms with Crippen molar-refractivity contribution in [3.8, 4) is 0 Å². The molecular weight excluding hydrogens is 273 g/mol. The lowest BCUT2D eigenvalue weighted by atomic mass is 9.78. The number of aromatic nitrogens is 3. The standard InChI is InChI=1S/C15H20FN3O2/c1-11(2)19-14(17-10-18-19)7-15(8-20,9-21)12-4-3-5-13(16)6-12/h3-6,10-11,20-21H,7-9H2,1-2H3. The van der Waals surface area contributed by atoms with Crippen molar-refractivity contribution in [2.45, 2.75) is 31.7 Å². The zero-order chi connectivity index (χ0) is 15.5. The van der Waals surface area contributed by atoms with Crippen LogP contribution >= 0.6 is 0 Å². The summed E-state index contributed by atoms with van der Waals surface area (Å²) in [5, 5.41) is 23.8. The van der Waals surface area contributed by atoms with Gasteiger partial charge in [0.15, 0.2) is 0 Å². The number of aliphatic hydroxyl groups excluding tert-OH is 2. The summed E-state index contributed by atoms with van der Waals surface area (Å²) in [7, 11) is 0. The molecule has 0 spiro atoms. The maximum absolute atomic E-state index is 13.5. The number of nitrogens with zero attached hydrogens (tertiary/aromatic N) is 3. The third-order valence-electron chi connectivity index (χ3n) is 3.68. The summed E-state index contributed by atoms with van der Waals surface area (Å²) in [6.45, 7) is 3.33. The van der Waals surface area contributed by atoms with Crippen molar-refractivity contribution in [2.24, 2.45) is 0 Å². The molecular formula is C15H20FN3O2. The van der Waals surface area contributed by atoms with Gasteiger partial charge in [0.2, 0.25) is 0 Å². The predicted molar refractivity (Wildman–Crippen MR) is 76.4 cm³/mol. The molecule has 1 aromatic heterocycles. The average molecular weight is 293 g/mol. The number of hydrogen-bond acceptors (Lipinski definition) is 4. The highest BCUT2D eigenvalue weighted by Gasteiger charge is 2.33. The van der Waals surface area contributed by atoms with Crippen LogP contribution in [0.25, 0.3) is 0 Å². The van der Waals surface area contributed by atoms with Gasteiger partial charge in [-0.1, -0.05) is 12.1 Å². The summed E-state index contributed by atoms with van der Waals surface area (Å²) < 4.78 is 15.2. The Hall–Kier alpha value is -1.79. The van der Waals surface area contributed by atoms with Gasteiger partial charge in [-0.25, -0.2) is 14.1 Å². The van der Waals surface area contributed by atoms with E-state index in [2.05, 4.69) is 10.1 Å². The van der Waals surface area contributed by atoms with E-state index in [4.69, 9.17) is 0 Å². The fourth-order valence-corrected chi connectivity index (χ4v) is 2.40. The Morgan fingerprint density at radius 1 is 1.29 bits per heavy atom. The van der Waals surface area contributed by atoms with Gasteiger partial charge < -0.3 is 10.2 Å². The lowest BCUT2D eigenvalue weighted by Crippen LogP contribution is -2.38. The van der Waals surface area contributed by atoms with Crippen molar-refractivity contribution in [2.75, 3.05) is 13.2 Å². The highest BCUT2D eigenvalue weighted by molar-refractivity contribution is 5.28. The first-order valence-electron chi connectivity index (χ1n) is 6.88. The van der Waals surface area contributed by atoms with Gasteiger partial charge >= 0.3 is 0 Å². The first-order valence-corrected chi connectivity index (χ1v) is 6.88. The van der Waals surface area contributed by atoms with Crippen molar-refractivity contribution in [3.63, 3.8) is 0 Å². The van der Waals surface area contributed by atoms with Crippen LogP contribution in [0.3, 0.4) is 0 Å². The quantitative estimate of drug-likeness (QED) is 0.846. The van der Waals surface area contributed by atoms with E-state index in [1.165, 1.54) is 18.5 Å². The Morgan fingerprint density at radius 2 is 2.00 bits per heavy atom. The van der Waals surface area contributed by atoms with E-state index in [9.17, 15) is 14.6 Å². The van der Waals surface area contributed by atoms with Crippen LogP contribution in [0.5, 0.6) is 0 Å². The van der Waals surface area contributed by atoms with Gasteiger partial charge in [-0.3, -0.25) is 0 Å². The van der Waals surface area contributed by atoms with E-state index in [0.29, 0.717) is 11.4 Å². The number of hydrogen-bond donors (Lipinski definition) is 2. The molecule has 0 aliphatic carbocycles. The Morgan fingerprint density at radius 3 is 2.57 bits per heavy atom. The predicted octanol–water partition coefficient (Wildman–Crippen LogP) is 1.46. The van der Waals surface area contributed by atoms with Gasteiger partial charge in [-0.05, 0) is 31.5 Å². The van der Waals surface area contributed by atoms with E-state index in [1.54, 1.807) is 16.8 Å². The van der Waals surface area contributed by atoms with Crippen molar-refractivity contribution >= 4 is 0 Å². The van der Waals surface area contributed by atoms with Crippen LogP contribution in [0, 0.1) is 5.82 Å². The molecule has 2 rings (SSSR count). The first-order chi connectivity index (χ1) is 10.0. The molecule has 0 saturated heterocycles. The minimum Gasteiger partial charge on any atom is -0.395 e. The number of rotatable bonds is 6. The Balaban J connectivity index is 2.41. The third kappa shape index (κ3) is 3.11. The summed E-state index contributed by atoms with van der Waals surface area (Å²) in [5.74, 6) is 0.251. The zero-order valence-corrected chi connectivity index (χ0v) is 12.2. The number of halogens is 1. The van der Waals surface area contributed by atoms with E-state index < -0.39 is 11.2 Å². The van der Waals surface area contributed by atoms with E-state index in [0.717, 1.165) is 0 Å². The molecule has 0 bridgehead atoms. The summed E-state index contributed by atoms with van der Waals surface area (Å²) in [4.78, 5) is 4.20. The molecule has 0 saturated carbocycles. The second-order valence-corrected chi connectivity index (χ2v) is 5.50. The van der Waals surface area contributed by atoms with E-state index in [1.807, 2.05) is 13.8 Å². The summed E-state index contributed by atoms with van der Waals surface area (Å²) in [6.07, 6.45) is 1.72. The normalized spacial score (nSPS) is 12.1. The van der Waals surface area contributed by atoms with Crippen LogP contribution in [-0.2, 0) is 11.8 Å². The molecule has 21 heavy (non-hydrogen) atoms. The van der Waals surface area contributed by atoms with Gasteiger partial charge in [0.25, 0.3) is 0 Å². The van der Waals surface area contributed by atoms with Crippen LogP contribution < -0.4 is 0 Å². The molecule has 114 valence electrons. The minimum absolute atomic E-state index is 0.116. The minimum atomic E-state index is -0.984. The molecule has 0 aliphatic rings. The molecule has 0 amide bonds. The largest absolute Gasteiger partial charge is 0.395 e. The van der Waals surface area contributed by atoms with Crippen molar-refractivity contribution < 1.29 is 14.6 Å². The second kappa shape index (κ2) is 6.32. The SMILES string of the molecule is CC(C)n1ncnc1CC(CO)(CO)c1cccc(F)c1. The van der Waals surface area contributed by atoms with E-state index in [-0.39, 0.29) is 25.7 Å². The van der Waals surface area contributed by atoms with Crippen LogP contribution in [0.1, 0.15) is 31.3 Å². The highest BCUT2D eigenvalue weighted by Crippen LogP contribution is 2.28. The van der Waals surface area contributed by atoms with Gasteiger partial charge in [0.1, 0.15) is 18.0 Å². The van der Waals surface area contributed by atoms with Crippen molar-refractivity contribution in [1.82, 2.24) is 14.8 Å². The summed E-state index contributed by atoms with van der Waals surface area (Å²) in [5.41, 5.74) is -0.437. The maximum atomic E-state index is 13.5. The molecule has 5 nitrogen and oxygen atoms in total. The Bertz CT molecular complexity index is 594. The average Bonchev–Trinajstić information content (AvgIpc) is 2.93. The molecule has 2 N–H and O–H groups in total. The molecule has 1 heterocycles. The fourth-order valence-electron chi connectivity index (χ4n) is 2.40. The topological polar surface area (TPSA) is 71.2 Å². The Kier molecular flexibility index (Phi) is 4.69. The molecule has 0 aliphatic heterocycles. The maximum Gasteiger partial charge on any atom is 0.138 e. The van der Waals surface area contributed by atoms with Crippen molar-refractivity contribution in [1.29, 1.82) is 0 Å². The van der Waals surface area contributed by atoms with Crippen LogP contribution in [0.4, 0.5) is 4.39 Å². The number of benzene rings is 1. The fraction of sp³-hybridized carbons (Fsp3) is 0.467. The first kappa shape index (κ1) is 15.6. The van der Waals surface area contributed by atoms with Gasteiger partial charge in [-0.2, -0.15) is 5.10 Å². The highest BCUT2D eigenvalue weighted by atomic mass is 19.1. The Labute approximate surface area is 123 Å². The smallest absolute Gasteiger partial charge is 0.138 e. The van der Waals surface area contributed by atoms with Crippen molar-refractivity contribution in [3.05, 3.63) is 47.8 Å². The molecule has 6 heteroatoms. The molecule has 2 aromatic rings. The van der Waals surface area contributed by atoms with Crippen LogP contribution in [0.15, 0.2) is 30.6 Å². The van der Waals surface area contributed by atoms with Gasteiger partial charge in [0.05, 0.1) is 13.2 Å². The second-order valence-electron chi connectivity index (χ2n) is 5.50. The number of aliphatic hydroxyl groups is 2. The third-order valence-corrected chi connectivity index (χ3v) is 3.68. The van der Waals surface area contributed by atoms with Gasteiger partial charge in [-0.15, -0.1) is 0 Å². The molecule has 0 radical (unpaired) electrons. The van der Waals surface area contributed by atoms with Gasteiger partial charge in [0, 0.05) is 17.9 Å². The van der Waals surface area contributed by atoms with Crippen LogP contribution in [-0.4, -0.2) is 38.2 Å². The monoisotopic (exact) mass is 293 g/mol. The lowest BCUT2D eigenvalue weighted by molar-refractivity contribution is 0.113. The zero-order valence-electron chi connectivity index (χ0n) is 12.2. The lowest BCUT2D eigenvalue weighted by Gasteiger charge is -2.30.